The van der Waals surface area contributed by atoms with Crippen molar-refractivity contribution < 1.29 is 14.3 Å². The summed E-state index contributed by atoms with van der Waals surface area (Å²) in [6.45, 7) is 3.71. The molecule has 0 fully saturated rings. The Morgan fingerprint density at radius 1 is 1.03 bits per heavy atom. The van der Waals surface area contributed by atoms with Gasteiger partial charge in [0.1, 0.15) is 22.4 Å². The van der Waals surface area contributed by atoms with Crippen molar-refractivity contribution in [2.45, 2.75) is 20.5 Å². The van der Waals surface area contributed by atoms with E-state index in [-0.39, 0.29) is 43.3 Å². The summed E-state index contributed by atoms with van der Waals surface area (Å²) in [4.78, 5) is 12.7. The summed E-state index contributed by atoms with van der Waals surface area (Å²) < 4.78 is 12.9. The van der Waals surface area contributed by atoms with Crippen molar-refractivity contribution >= 4 is 69.9 Å². The zero-order chi connectivity index (χ0) is 24.4. The van der Waals surface area contributed by atoms with Gasteiger partial charge in [-0.2, -0.15) is 5.10 Å². The number of halogens is 5. The molecule has 0 atom stereocenters. The lowest BCUT2D eigenvalue weighted by Crippen LogP contribution is -2.01. The molecule has 0 N–H and O–H groups in total. The van der Waals surface area contributed by atoms with E-state index in [1.54, 1.807) is 31.0 Å². The maximum atomic E-state index is 12.7. The molecule has 0 unspecified atom stereocenters. The number of hydrogen-bond donors (Lipinski definition) is 0. The Morgan fingerprint density at radius 2 is 1.64 bits per heavy atom. The highest BCUT2D eigenvalue weighted by Gasteiger charge is 2.21. The lowest BCUT2D eigenvalue weighted by Gasteiger charge is -2.15. The monoisotopic (exact) mass is 546 g/mol. The topological polar surface area (TPSA) is 53.3 Å². The number of carbonyl (C=O) groups is 1. The third-order valence-corrected chi connectivity index (χ3v) is 7.27. The zero-order valence-corrected chi connectivity index (χ0v) is 21.9. The first kappa shape index (κ1) is 25.7. The second-order valence-corrected chi connectivity index (χ2v) is 9.02. The normalized spacial score (nSPS) is 11.3. The lowest BCUT2D eigenvalue weighted by molar-refractivity contribution is 0.104. The van der Waals surface area contributed by atoms with Crippen LogP contribution in [0.4, 0.5) is 0 Å². The highest BCUT2D eigenvalue weighted by Crippen LogP contribution is 2.48. The highest BCUT2D eigenvalue weighted by atomic mass is 35.5. The van der Waals surface area contributed by atoms with Crippen molar-refractivity contribution in [3.63, 3.8) is 0 Å². The van der Waals surface area contributed by atoms with Crippen LogP contribution < -0.4 is 9.47 Å². The van der Waals surface area contributed by atoms with Crippen molar-refractivity contribution in [3.05, 3.63) is 77.5 Å². The van der Waals surface area contributed by atoms with Gasteiger partial charge < -0.3 is 9.47 Å². The zero-order valence-electron chi connectivity index (χ0n) is 18.1. The number of rotatable bonds is 7. The van der Waals surface area contributed by atoms with Gasteiger partial charge >= 0.3 is 0 Å². The molecule has 0 radical (unpaired) electrons. The van der Waals surface area contributed by atoms with Crippen LogP contribution in [0, 0.1) is 13.8 Å². The largest absolute Gasteiger partial charge is 0.496 e. The van der Waals surface area contributed by atoms with Crippen LogP contribution in [0.3, 0.4) is 0 Å². The summed E-state index contributed by atoms with van der Waals surface area (Å²) in [5.41, 5.74) is 3.54. The molecular formula is C23H19Cl5N2O3. The van der Waals surface area contributed by atoms with E-state index in [9.17, 15) is 4.79 Å². The summed E-state index contributed by atoms with van der Waals surface area (Å²) in [5, 5.41) is 4.54. The van der Waals surface area contributed by atoms with E-state index in [0.29, 0.717) is 22.6 Å². The number of methoxy groups -OCH3 is 1. The molecule has 0 bridgehead atoms. The number of aryl methyl sites for hydroxylation is 2. The Morgan fingerprint density at radius 3 is 2.18 bits per heavy atom. The number of aromatic nitrogens is 2. The molecule has 0 spiro atoms. The Balaban J connectivity index is 1.87. The number of nitrogens with zero attached hydrogens (tertiary/aromatic N) is 2. The van der Waals surface area contributed by atoms with Crippen LogP contribution in [0.2, 0.25) is 25.1 Å². The molecule has 1 heterocycles. The first-order chi connectivity index (χ1) is 15.6. The molecule has 1 aromatic heterocycles. The molecule has 0 aliphatic heterocycles. The summed E-state index contributed by atoms with van der Waals surface area (Å²) in [6, 6.07) is 5.42. The quantitative estimate of drug-likeness (QED) is 0.131. The van der Waals surface area contributed by atoms with Crippen LogP contribution in [0.5, 0.6) is 11.5 Å². The molecule has 0 amide bonds. The third-order valence-electron chi connectivity index (χ3n) is 5.03. The average Bonchev–Trinajstić information content (AvgIpc) is 3.05. The van der Waals surface area contributed by atoms with Gasteiger partial charge in [0.05, 0.1) is 33.4 Å². The first-order valence-corrected chi connectivity index (χ1v) is 11.5. The average molecular weight is 549 g/mol. The minimum Gasteiger partial charge on any atom is -0.496 e. The summed E-state index contributed by atoms with van der Waals surface area (Å²) >= 11 is 30.7. The van der Waals surface area contributed by atoms with Gasteiger partial charge in [0.2, 0.25) is 0 Å². The number of carbonyl (C=O) groups excluding carboxylic acids is 1. The second-order valence-electron chi connectivity index (χ2n) is 7.13. The van der Waals surface area contributed by atoms with Gasteiger partial charge in [-0.1, -0.05) is 70.1 Å². The molecule has 3 rings (SSSR count). The van der Waals surface area contributed by atoms with Gasteiger partial charge in [0, 0.05) is 18.3 Å². The molecule has 0 saturated heterocycles. The lowest BCUT2D eigenvalue weighted by atomic mass is 10.1. The van der Waals surface area contributed by atoms with Crippen LogP contribution in [0.15, 0.2) is 24.3 Å². The Bertz CT molecular complexity index is 1240. The van der Waals surface area contributed by atoms with Crippen LogP contribution >= 0.6 is 58.0 Å². The molecule has 10 heteroatoms. The van der Waals surface area contributed by atoms with Crippen molar-refractivity contribution in [1.82, 2.24) is 9.78 Å². The number of ether oxygens (including phenoxy) is 2. The van der Waals surface area contributed by atoms with Crippen molar-refractivity contribution in [2.24, 2.45) is 7.05 Å². The van der Waals surface area contributed by atoms with Crippen LogP contribution in [-0.4, -0.2) is 22.7 Å². The molecule has 2 aromatic carbocycles. The minimum absolute atomic E-state index is 0.0471. The molecule has 0 aliphatic carbocycles. The maximum Gasteiger partial charge on any atom is 0.189 e. The van der Waals surface area contributed by atoms with Gasteiger partial charge in [-0.3, -0.25) is 9.48 Å². The Hall–Kier alpha value is -1.89. The van der Waals surface area contributed by atoms with E-state index < -0.39 is 0 Å². The van der Waals surface area contributed by atoms with E-state index in [1.165, 1.54) is 6.08 Å². The SMILES string of the molecule is COc1ccc(/C=C/C(=O)c2c(C)nn(C)c2C)cc1COc1c(Cl)c(Cl)c(Cl)c(Cl)c1Cl. The Labute approximate surface area is 216 Å². The van der Waals surface area contributed by atoms with Crippen LogP contribution in [0.25, 0.3) is 6.08 Å². The fourth-order valence-electron chi connectivity index (χ4n) is 3.26. The van der Waals surface area contributed by atoms with Gasteiger partial charge in [-0.15, -0.1) is 0 Å². The van der Waals surface area contributed by atoms with Gasteiger partial charge in [-0.25, -0.2) is 0 Å². The summed E-state index contributed by atoms with van der Waals surface area (Å²) in [7, 11) is 3.35. The molecule has 5 nitrogen and oxygen atoms in total. The van der Waals surface area contributed by atoms with E-state index in [1.807, 2.05) is 26.0 Å². The predicted octanol–water partition coefficient (Wildman–Crippen LogP) is 7.79. The highest BCUT2D eigenvalue weighted by molar-refractivity contribution is 6.55. The van der Waals surface area contributed by atoms with Crippen molar-refractivity contribution in [2.75, 3.05) is 7.11 Å². The smallest absolute Gasteiger partial charge is 0.189 e. The first-order valence-electron chi connectivity index (χ1n) is 9.60. The summed E-state index contributed by atoms with van der Waals surface area (Å²) in [6.07, 6.45) is 3.23. The fraction of sp³-hybridized carbons (Fsp3) is 0.217. The van der Waals surface area contributed by atoms with E-state index in [2.05, 4.69) is 5.10 Å². The van der Waals surface area contributed by atoms with Gasteiger partial charge in [0.15, 0.2) is 11.5 Å². The van der Waals surface area contributed by atoms with Gasteiger partial charge in [0.25, 0.3) is 0 Å². The van der Waals surface area contributed by atoms with Crippen LogP contribution in [0.1, 0.15) is 32.9 Å². The standard InChI is InChI=1S/C23H19Cl5N2O3/c1-11-17(12(2)30(3)29-11)15(31)7-5-13-6-8-16(32-4)14(9-13)10-33-23-21(27)19(25)18(24)20(26)22(23)28/h5-9H,10H2,1-4H3/b7-5+. The predicted molar refractivity (Wildman–Crippen MR) is 135 cm³/mol. The van der Waals surface area contributed by atoms with E-state index >= 15 is 0 Å². The Kier molecular flexibility index (Phi) is 8.25. The molecule has 3 aromatic rings. The summed E-state index contributed by atoms with van der Waals surface area (Å²) in [5.74, 6) is 0.560. The van der Waals surface area contributed by atoms with Gasteiger partial charge in [-0.05, 0) is 37.6 Å². The fourth-order valence-corrected chi connectivity index (χ4v) is 4.49. The number of hydrogen-bond acceptors (Lipinski definition) is 4. The second kappa shape index (κ2) is 10.6. The number of ketones is 1. The van der Waals surface area contributed by atoms with E-state index in [0.717, 1.165) is 11.3 Å². The molecule has 0 saturated carbocycles. The number of benzene rings is 2. The van der Waals surface area contributed by atoms with Crippen molar-refractivity contribution in [1.29, 1.82) is 0 Å². The minimum atomic E-state index is -0.129. The molecule has 174 valence electrons. The van der Waals surface area contributed by atoms with Crippen molar-refractivity contribution in [3.8, 4) is 11.5 Å². The van der Waals surface area contributed by atoms with E-state index in [4.69, 9.17) is 67.5 Å². The molecule has 0 aliphatic rings. The number of allylic oxidation sites excluding steroid dienone is 1. The maximum absolute atomic E-state index is 12.7. The molecular weight excluding hydrogens is 530 g/mol. The van der Waals surface area contributed by atoms with Crippen LogP contribution in [-0.2, 0) is 13.7 Å². The third kappa shape index (κ3) is 5.28. The molecule has 33 heavy (non-hydrogen) atoms.